The molecule has 0 aliphatic rings. The second kappa shape index (κ2) is 6.34. The number of carbonyl (C=O) groups excluding carboxylic acids is 1. The molecule has 0 spiro atoms. The van der Waals surface area contributed by atoms with E-state index in [1.54, 1.807) is 0 Å². The molecular formula is C14H9F4N5O2. The Labute approximate surface area is 137 Å². The van der Waals surface area contributed by atoms with Crippen LogP contribution >= 0.6 is 0 Å². The number of carbonyl (C=O) groups is 1. The van der Waals surface area contributed by atoms with E-state index in [2.05, 4.69) is 25.2 Å². The molecule has 25 heavy (non-hydrogen) atoms. The van der Waals surface area contributed by atoms with Crippen LogP contribution in [0, 0.1) is 5.82 Å². The van der Waals surface area contributed by atoms with Crippen LogP contribution in [0.5, 0.6) is 5.75 Å². The number of halogens is 4. The molecule has 11 heteroatoms. The van der Waals surface area contributed by atoms with Crippen molar-refractivity contribution in [2.45, 2.75) is 12.9 Å². The highest BCUT2D eigenvalue weighted by Gasteiger charge is 2.32. The number of rotatable bonds is 4. The Morgan fingerprint density at radius 3 is 2.76 bits per heavy atom. The van der Waals surface area contributed by atoms with Gasteiger partial charge in [0.05, 0.1) is 12.4 Å². The maximum Gasteiger partial charge on any atom is 0.573 e. The summed E-state index contributed by atoms with van der Waals surface area (Å²) < 4.78 is 54.7. The lowest BCUT2D eigenvalue weighted by Gasteiger charge is -2.10. The minimum Gasteiger partial charge on any atom is -0.403 e. The van der Waals surface area contributed by atoms with Crippen molar-refractivity contribution >= 4 is 11.6 Å². The molecule has 7 nitrogen and oxygen atoms in total. The van der Waals surface area contributed by atoms with Gasteiger partial charge in [-0.25, -0.2) is 9.37 Å². The number of hydrogen-bond acceptors (Lipinski definition) is 5. The molecule has 2 aromatic heterocycles. The van der Waals surface area contributed by atoms with Crippen LogP contribution in [0.25, 0.3) is 5.65 Å². The summed E-state index contributed by atoms with van der Waals surface area (Å²) in [6.07, 6.45) is -0.668. The maximum atomic E-state index is 13.6. The van der Waals surface area contributed by atoms with E-state index in [9.17, 15) is 22.4 Å². The van der Waals surface area contributed by atoms with Gasteiger partial charge in [-0.1, -0.05) is 0 Å². The molecule has 3 rings (SSSR count). The van der Waals surface area contributed by atoms with Gasteiger partial charge in [0.25, 0.3) is 5.91 Å². The number of benzene rings is 1. The van der Waals surface area contributed by atoms with Crippen LogP contribution in [0.4, 0.5) is 17.6 Å². The van der Waals surface area contributed by atoms with Gasteiger partial charge in [-0.3, -0.25) is 4.79 Å². The topological polar surface area (TPSA) is 81.4 Å². The molecule has 3 aromatic rings. The largest absolute Gasteiger partial charge is 0.573 e. The van der Waals surface area contributed by atoms with Crippen LogP contribution in [0.1, 0.15) is 15.9 Å². The second-order valence-electron chi connectivity index (χ2n) is 4.80. The maximum absolute atomic E-state index is 13.6. The summed E-state index contributed by atoms with van der Waals surface area (Å²) in [7, 11) is 0. The number of aromatic nitrogens is 4. The van der Waals surface area contributed by atoms with Crippen molar-refractivity contribution in [2.24, 2.45) is 0 Å². The number of hydrogen-bond donors (Lipinski definition) is 1. The zero-order valence-electron chi connectivity index (χ0n) is 12.3. The van der Waals surface area contributed by atoms with Crippen LogP contribution < -0.4 is 10.1 Å². The zero-order chi connectivity index (χ0) is 18.0. The third-order valence-electron chi connectivity index (χ3n) is 3.10. The highest BCUT2D eigenvalue weighted by Crippen LogP contribution is 2.26. The quantitative estimate of drug-likeness (QED) is 0.725. The Balaban J connectivity index is 1.70. The average Bonchev–Trinajstić information content (AvgIpc) is 2.96. The first-order valence-corrected chi connectivity index (χ1v) is 6.81. The molecule has 0 saturated carbocycles. The van der Waals surface area contributed by atoms with Crippen molar-refractivity contribution < 1.29 is 27.1 Å². The molecule has 0 radical (unpaired) electrons. The molecule has 0 saturated heterocycles. The van der Waals surface area contributed by atoms with Gasteiger partial charge in [-0.15, -0.1) is 17.8 Å². The van der Waals surface area contributed by atoms with Gasteiger partial charge in [-0.05, 0) is 18.2 Å². The molecule has 0 aliphatic carbocycles. The molecule has 2 heterocycles. The van der Waals surface area contributed by atoms with E-state index >= 15 is 0 Å². The van der Waals surface area contributed by atoms with Gasteiger partial charge >= 0.3 is 6.36 Å². The first-order chi connectivity index (χ1) is 11.8. The van der Waals surface area contributed by atoms with Crippen molar-refractivity contribution in [3.63, 3.8) is 0 Å². The molecule has 0 aliphatic heterocycles. The van der Waals surface area contributed by atoms with Crippen LogP contribution in [-0.2, 0) is 6.54 Å². The van der Waals surface area contributed by atoms with Crippen molar-refractivity contribution in [1.82, 2.24) is 25.1 Å². The number of nitrogens with one attached hydrogen (secondary N) is 1. The van der Waals surface area contributed by atoms with E-state index in [1.807, 2.05) is 0 Å². The van der Waals surface area contributed by atoms with Crippen LogP contribution in [0.3, 0.4) is 0 Å². The third-order valence-corrected chi connectivity index (χ3v) is 3.10. The van der Waals surface area contributed by atoms with Crippen molar-refractivity contribution in [3.8, 4) is 5.75 Å². The van der Waals surface area contributed by atoms with E-state index in [4.69, 9.17) is 0 Å². The average molecular weight is 355 g/mol. The minimum absolute atomic E-state index is 0.0312. The van der Waals surface area contributed by atoms with Crippen molar-refractivity contribution in [3.05, 3.63) is 53.7 Å². The Hall–Kier alpha value is -3.24. The van der Waals surface area contributed by atoms with Crippen LogP contribution in [-0.4, -0.2) is 32.1 Å². The van der Waals surface area contributed by atoms with E-state index in [0.717, 1.165) is 12.1 Å². The van der Waals surface area contributed by atoms with Crippen LogP contribution in [0.2, 0.25) is 0 Å². The lowest BCUT2D eigenvalue weighted by Crippen LogP contribution is -2.23. The SMILES string of the molecule is O=C(NCc1cnn2nccnc12)c1ccc(OC(F)(F)F)c(F)c1. The van der Waals surface area contributed by atoms with Gasteiger partial charge in [-0.2, -0.15) is 10.2 Å². The molecule has 1 N–H and O–H groups in total. The van der Waals surface area contributed by atoms with E-state index in [1.165, 1.54) is 23.2 Å². The minimum atomic E-state index is -5.02. The van der Waals surface area contributed by atoms with Gasteiger partial charge in [0.15, 0.2) is 17.2 Å². The Kier molecular flexibility index (Phi) is 4.21. The summed E-state index contributed by atoms with van der Waals surface area (Å²) in [4.78, 5) is 16.1. The van der Waals surface area contributed by atoms with Gasteiger partial charge < -0.3 is 10.1 Å². The summed E-state index contributed by atoms with van der Waals surface area (Å²) in [6.45, 7) is 0.0312. The van der Waals surface area contributed by atoms with Crippen LogP contribution in [0.15, 0.2) is 36.8 Å². The molecule has 0 unspecified atom stereocenters. The Morgan fingerprint density at radius 1 is 1.24 bits per heavy atom. The highest BCUT2D eigenvalue weighted by atomic mass is 19.4. The van der Waals surface area contributed by atoms with E-state index in [-0.39, 0.29) is 12.1 Å². The fourth-order valence-corrected chi connectivity index (χ4v) is 2.03. The number of nitrogens with zero attached hydrogens (tertiary/aromatic N) is 4. The summed E-state index contributed by atoms with van der Waals surface area (Å²) in [5.74, 6) is -2.99. The third kappa shape index (κ3) is 3.82. The molecular weight excluding hydrogens is 346 g/mol. The van der Waals surface area contributed by atoms with E-state index in [0.29, 0.717) is 17.3 Å². The number of ether oxygens (including phenoxy) is 1. The molecule has 0 fully saturated rings. The van der Waals surface area contributed by atoms with Gasteiger partial charge in [0, 0.05) is 23.9 Å². The molecule has 1 amide bonds. The summed E-state index contributed by atoms with van der Waals surface area (Å²) >= 11 is 0. The Bertz CT molecular complexity index is 925. The Morgan fingerprint density at radius 2 is 2.04 bits per heavy atom. The van der Waals surface area contributed by atoms with Crippen molar-refractivity contribution in [2.75, 3.05) is 0 Å². The molecule has 0 atom stereocenters. The summed E-state index contributed by atoms with van der Waals surface area (Å²) in [6, 6.07) is 2.42. The summed E-state index contributed by atoms with van der Waals surface area (Å²) in [5.41, 5.74) is 0.844. The molecule has 0 bridgehead atoms. The smallest absolute Gasteiger partial charge is 0.403 e. The normalized spacial score (nSPS) is 11.5. The van der Waals surface area contributed by atoms with E-state index < -0.39 is 23.8 Å². The summed E-state index contributed by atoms with van der Waals surface area (Å²) in [5, 5.41) is 10.3. The lowest BCUT2D eigenvalue weighted by molar-refractivity contribution is -0.275. The highest BCUT2D eigenvalue weighted by molar-refractivity contribution is 5.94. The number of fused-ring (bicyclic) bond motifs is 1. The van der Waals surface area contributed by atoms with Gasteiger partial charge in [0.2, 0.25) is 0 Å². The predicted molar refractivity (Wildman–Crippen MR) is 75.0 cm³/mol. The fraction of sp³-hybridized carbons (Fsp3) is 0.143. The molecule has 130 valence electrons. The second-order valence-corrected chi connectivity index (χ2v) is 4.80. The monoisotopic (exact) mass is 355 g/mol. The standard InChI is InChI=1S/C14H9F4N5O2/c15-10-5-8(1-2-11(10)25-14(16,17)18)13(24)20-6-9-7-22-23-12(9)19-3-4-21-23/h1-5,7H,6H2,(H,20,24). The molecule has 1 aromatic carbocycles. The zero-order valence-corrected chi connectivity index (χ0v) is 12.3. The predicted octanol–water partition coefficient (Wildman–Crippen LogP) is 2.09. The van der Waals surface area contributed by atoms with Crippen molar-refractivity contribution in [1.29, 1.82) is 0 Å². The lowest BCUT2D eigenvalue weighted by atomic mass is 10.2. The van der Waals surface area contributed by atoms with Gasteiger partial charge in [0.1, 0.15) is 0 Å². The number of amides is 1. The first-order valence-electron chi connectivity index (χ1n) is 6.81. The fourth-order valence-electron chi connectivity index (χ4n) is 2.03. The first kappa shape index (κ1) is 16.6. The number of alkyl halides is 3.